The highest BCUT2D eigenvalue weighted by molar-refractivity contribution is 5.82. The van der Waals surface area contributed by atoms with Gasteiger partial charge >= 0.3 is 0 Å². The van der Waals surface area contributed by atoms with Gasteiger partial charge in [-0.15, -0.1) is 0 Å². The Morgan fingerprint density at radius 2 is 1.95 bits per heavy atom. The Labute approximate surface area is 121 Å². The number of pyridine rings is 1. The highest BCUT2D eigenvalue weighted by atomic mass is 16.1. The molecule has 0 unspecified atom stereocenters. The van der Waals surface area contributed by atoms with Gasteiger partial charge in [0.1, 0.15) is 0 Å². The number of hydrogen-bond acceptors (Lipinski definition) is 1. The van der Waals surface area contributed by atoms with E-state index in [0.29, 0.717) is 5.92 Å². The van der Waals surface area contributed by atoms with Crippen LogP contribution in [0.4, 0.5) is 0 Å². The van der Waals surface area contributed by atoms with Gasteiger partial charge in [-0.25, -0.2) is 0 Å². The third kappa shape index (κ3) is 3.12. The molecule has 0 bridgehead atoms. The van der Waals surface area contributed by atoms with Crippen LogP contribution in [0.2, 0.25) is 0 Å². The summed E-state index contributed by atoms with van der Waals surface area (Å²) in [6, 6.07) is 10.0. The Kier molecular flexibility index (Phi) is 4.99. The molecule has 1 aromatic carbocycles. The molecular weight excluding hydrogens is 246 g/mol. The molecule has 20 heavy (non-hydrogen) atoms. The van der Waals surface area contributed by atoms with Crippen molar-refractivity contribution in [3.8, 4) is 0 Å². The molecule has 1 heterocycles. The quantitative estimate of drug-likeness (QED) is 0.756. The second-order valence-electron chi connectivity index (χ2n) is 5.71. The average Bonchev–Trinajstić information content (AvgIpc) is 2.46. The number of nitrogens with zero attached hydrogens (tertiary/aromatic N) is 1. The lowest BCUT2D eigenvalue weighted by Gasteiger charge is -2.18. The molecule has 1 atom stereocenters. The molecule has 0 aliphatic heterocycles. The van der Waals surface area contributed by atoms with Crippen LogP contribution in [0.1, 0.15) is 45.1 Å². The lowest BCUT2D eigenvalue weighted by atomic mass is 9.98. The van der Waals surface area contributed by atoms with Gasteiger partial charge < -0.3 is 4.57 Å². The highest BCUT2D eigenvalue weighted by Crippen LogP contribution is 2.20. The van der Waals surface area contributed by atoms with E-state index >= 15 is 0 Å². The molecule has 2 aromatic rings. The first-order valence-electron chi connectivity index (χ1n) is 7.76. The molecule has 0 saturated carbocycles. The zero-order valence-electron chi connectivity index (χ0n) is 12.9. The minimum absolute atomic E-state index is 0.135. The predicted molar refractivity (Wildman–Crippen MR) is 86.3 cm³/mol. The van der Waals surface area contributed by atoms with Crippen LogP contribution in [0.5, 0.6) is 0 Å². The number of rotatable bonds is 6. The maximum absolute atomic E-state index is 12.3. The fraction of sp³-hybridized carbons (Fsp3) is 0.500. The first kappa shape index (κ1) is 14.8. The molecule has 0 aliphatic rings. The zero-order valence-corrected chi connectivity index (χ0v) is 12.9. The van der Waals surface area contributed by atoms with Gasteiger partial charge in [-0.1, -0.05) is 51.3 Å². The van der Waals surface area contributed by atoms with Gasteiger partial charge in [-0.2, -0.15) is 0 Å². The molecule has 0 fully saturated rings. The predicted octanol–water partition coefficient (Wildman–Crippen LogP) is 4.53. The number of benzene rings is 1. The topological polar surface area (TPSA) is 22.0 Å². The largest absolute Gasteiger partial charge is 0.308 e. The molecule has 2 nitrogen and oxygen atoms in total. The monoisotopic (exact) mass is 271 g/mol. The minimum atomic E-state index is 0.135. The summed E-state index contributed by atoms with van der Waals surface area (Å²) in [6.45, 7) is 7.31. The van der Waals surface area contributed by atoms with Crippen LogP contribution in [0.15, 0.2) is 35.1 Å². The van der Waals surface area contributed by atoms with Crippen LogP contribution in [0.25, 0.3) is 10.9 Å². The van der Waals surface area contributed by atoms with Gasteiger partial charge in [0.05, 0.1) is 5.52 Å². The molecule has 0 N–H and O–H groups in total. The second-order valence-corrected chi connectivity index (χ2v) is 5.71. The first-order valence-corrected chi connectivity index (χ1v) is 7.76. The lowest BCUT2D eigenvalue weighted by molar-refractivity contribution is 0.391. The molecule has 2 heteroatoms. The van der Waals surface area contributed by atoms with Crippen molar-refractivity contribution in [2.24, 2.45) is 5.92 Å². The smallest absolute Gasteiger partial charge is 0.251 e. The third-order valence-corrected chi connectivity index (χ3v) is 4.21. The summed E-state index contributed by atoms with van der Waals surface area (Å²) in [5, 5.41) is 1.19. The van der Waals surface area contributed by atoms with E-state index in [-0.39, 0.29) is 5.56 Å². The van der Waals surface area contributed by atoms with Crippen molar-refractivity contribution in [3.05, 3.63) is 46.2 Å². The fourth-order valence-corrected chi connectivity index (χ4v) is 2.87. The number of aryl methyl sites for hydroxylation is 1. The molecule has 0 spiro atoms. The Bertz CT molecular complexity index is 627. The average molecular weight is 271 g/mol. The van der Waals surface area contributed by atoms with E-state index < -0.39 is 0 Å². The van der Waals surface area contributed by atoms with Crippen molar-refractivity contribution in [1.29, 1.82) is 0 Å². The van der Waals surface area contributed by atoms with E-state index in [4.69, 9.17) is 0 Å². The number of unbranched alkanes of at least 4 members (excludes halogenated alkanes) is 1. The zero-order chi connectivity index (χ0) is 14.5. The van der Waals surface area contributed by atoms with Gasteiger partial charge in [0.25, 0.3) is 5.56 Å². The normalized spacial score (nSPS) is 12.8. The van der Waals surface area contributed by atoms with E-state index in [1.807, 2.05) is 23.6 Å². The van der Waals surface area contributed by atoms with Crippen molar-refractivity contribution >= 4 is 10.9 Å². The highest BCUT2D eigenvalue weighted by Gasteiger charge is 2.11. The Hall–Kier alpha value is -1.57. The van der Waals surface area contributed by atoms with Crippen LogP contribution >= 0.6 is 0 Å². The van der Waals surface area contributed by atoms with E-state index in [1.165, 1.54) is 24.6 Å². The second kappa shape index (κ2) is 6.74. The van der Waals surface area contributed by atoms with Crippen molar-refractivity contribution in [2.45, 2.75) is 53.0 Å². The van der Waals surface area contributed by atoms with Crippen LogP contribution in [0, 0.1) is 12.8 Å². The van der Waals surface area contributed by atoms with Gasteiger partial charge in [-0.05, 0) is 30.9 Å². The maximum atomic E-state index is 12.3. The first-order chi connectivity index (χ1) is 9.67. The van der Waals surface area contributed by atoms with E-state index in [9.17, 15) is 4.79 Å². The van der Waals surface area contributed by atoms with Crippen LogP contribution < -0.4 is 5.56 Å². The van der Waals surface area contributed by atoms with Crippen molar-refractivity contribution in [1.82, 2.24) is 4.57 Å². The Morgan fingerprint density at radius 3 is 2.65 bits per heavy atom. The standard InChI is InChI=1S/C18H25NO/c1-4-6-9-15(5-2)13-19-17-11-8-7-10-16(17)14(3)12-18(19)20/h7-8,10-12,15H,4-6,9,13H2,1-3H3/t15-/m0/s1. The SMILES string of the molecule is CCCC[C@H](CC)Cn1c(=O)cc(C)c2ccccc21. The minimum Gasteiger partial charge on any atom is -0.308 e. The molecular formula is C18H25NO. The van der Waals surface area contributed by atoms with E-state index in [2.05, 4.69) is 26.0 Å². The summed E-state index contributed by atoms with van der Waals surface area (Å²) in [6.07, 6.45) is 4.81. The van der Waals surface area contributed by atoms with E-state index in [1.54, 1.807) is 6.07 Å². The Morgan fingerprint density at radius 1 is 1.20 bits per heavy atom. The van der Waals surface area contributed by atoms with Gasteiger partial charge in [0.15, 0.2) is 0 Å². The Balaban J connectivity index is 2.40. The molecule has 0 amide bonds. The van der Waals surface area contributed by atoms with E-state index in [0.717, 1.165) is 24.0 Å². The molecule has 1 aromatic heterocycles. The lowest BCUT2D eigenvalue weighted by Crippen LogP contribution is -2.24. The number of fused-ring (bicyclic) bond motifs is 1. The molecule has 0 radical (unpaired) electrons. The van der Waals surface area contributed by atoms with Gasteiger partial charge in [0, 0.05) is 18.0 Å². The summed E-state index contributed by atoms with van der Waals surface area (Å²) in [7, 11) is 0. The number of aromatic nitrogens is 1. The number of hydrogen-bond donors (Lipinski definition) is 0. The molecule has 0 aliphatic carbocycles. The third-order valence-electron chi connectivity index (χ3n) is 4.21. The van der Waals surface area contributed by atoms with Gasteiger partial charge in [-0.3, -0.25) is 4.79 Å². The summed E-state index contributed by atoms with van der Waals surface area (Å²) in [5.41, 5.74) is 2.28. The van der Waals surface area contributed by atoms with Crippen LogP contribution in [0.3, 0.4) is 0 Å². The molecule has 0 saturated heterocycles. The summed E-state index contributed by atoms with van der Waals surface area (Å²) >= 11 is 0. The maximum Gasteiger partial charge on any atom is 0.251 e. The summed E-state index contributed by atoms with van der Waals surface area (Å²) in [5.74, 6) is 0.596. The van der Waals surface area contributed by atoms with Crippen LogP contribution in [-0.4, -0.2) is 4.57 Å². The van der Waals surface area contributed by atoms with Crippen LogP contribution in [-0.2, 0) is 6.54 Å². The molecule has 2 rings (SSSR count). The van der Waals surface area contributed by atoms with Crippen molar-refractivity contribution in [2.75, 3.05) is 0 Å². The molecule has 108 valence electrons. The number of para-hydroxylation sites is 1. The van der Waals surface area contributed by atoms with Gasteiger partial charge in [0.2, 0.25) is 0 Å². The fourth-order valence-electron chi connectivity index (χ4n) is 2.87. The van der Waals surface area contributed by atoms with Crippen molar-refractivity contribution < 1.29 is 0 Å². The summed E-state index contributed by atoms with van der Waals surface area (Å²) in [4.78, 5) is 12.3. The summed E-state index contributed by atoms with van der Waals surface area (Å²) < 4.78 is 1.96. The van der Waals surface area contributed by atoms with Crippen molar-refractivity contribution in [3.63, 3.8) is 0 Å².